The van der Waals surface area contributed by atoms with Gasteiger partial charge in [0, 0.05) is 20.5 Å². The van der Waals surface area contributed by atoms with Gasteiger partial charge in [-0.05, 0) is 29.8 Å². The molecular weight excluding hydrogens is 264 g/mol. The van der Waals surface area contributed by atoms with E-state index in [-0.39, 0.29) is 5.43 Å². The van der Waals surface area contributed by atoms with Gasteiger partial charge >= 0.3 is 0 Å². The summed E-state index contributed by atoms with van der Waals surface area (Å²) >= 11 is 3.52. The molecule has 0 aliphatic carbocycles. The standard InChI is InChI=1S/C14H9BrO/c1-2-8-9-4-3-5-10-12(15)7-6-11(13(9)10)14(8)16/h2-7H,1H3. The Balaban J connectivity index is 2.84. The fraction of sp³-hybridized carbons (Fsp3) is 0.0714. The smallest absolute Gasteiger partial charge is 0.193 e. The Kier molecular flexibility index (Phi) is 2.01. The first-order valence-electron chi connectivity index (χ1n) is 5.16. The number of rotatable bonds is 0. The van der Waals surface area contributed by atoms with Gasteiger partial charge < -0.3 is 0 Å². The zero-order valence-corrected chi connectivity index (χ0v) is 10.3. The van der Waals surface area contributed by atoms with Crippen LogP contribution < -0.4 is 10.6 Å². The molecule has 0 saturated heterocycles. The molecule has 0 aromatic heterocycles. The third kappa shape index (κ3) is 1.08. The summed E-state index contributed by atoms with van der Waals surface area (Å²) in [7, 11) is 0. The molecule has 78 valence electrons. The van der Waals surface area contributed by atoms with Gasteiger partial charge in [0.15, 0.2) is 5.43 Å². The first kappa shape index (κ1) is 9.79. The first-order chi connectivity index (χ1) is 7.74. The summed E-state index contributed by atoms with van der Waals surface area (Å²) in [5, 5.41) is 4.89. The minimum absolute atomic E-state index is 0.140. The molecule has 0 aliphatic rings. The first-order valence-corrected chi connectivity index (χ1v) is 5.96. The Hall–Kier alpha value is -1.41. The van der Waals surface area contributed by atoms with E-state index in [1.54, 1.807) is 0 Å². The minimum Gasteiger partial charge on any atom is -0.289 e. The molecule has 0 amide bonds. The van der Waals surface area contributed by atoms with Crippen LogP contribution in [0.3, 0.4) is 0 Å². The second-order valence-electron chi connectivity index (χ2n) is 3.85. The summed E-state index contributed by atoms with van der Waals surface area (Å²) in [4.78, 5) is 12.1. The lowest BCUT2D eigenvalue weighted by Crippen LogP contribution is -2.18. The Labute approximate surface area is 101 Å². The number of hydrogen-bond donors (Lipinski definition) is 0. The molecule has 0 unspecified atom stereocenters. The van der Waals surface area contributed by atoms with Gasteiger partial charge in [-0.25, -0.2) is 0 Å². The monoisotopic (exact) mass is 272 g/mol. The van der Waals surface area contributed by atoms with Gasteiger partial charge in [0.05, 0.1) is 0 Å². The predicted octanol–water partition coefficient (Wildman–Crippen LogP) is 3.07. The Morgan fingerprint density at radius 3 is 2.56 bits per heavy atom. The van der Waals surface area contributed by atoms with Gasteiger partial charge in [-0.2, -0.15) is 0 Å². The van der Waals surface area contributed by atoms with Crippen molar-refractivity contribution in [1.29, 1.82) is 0 Å². The zero-order chi connectivity index (χ0) is 11.3. The van der Waals surface area contributed by atoms with Gasteiger partial charge in [0.2, 0.25) is 0 Å². The molecule has 0 saturated carbocycles. The summed E-state index contributed by atoms with van der Waals surface area (Å²) < 4.78 is 1.04. The van der Waals surface area contributed by atoms with E-state index in [9.17, 15) is 4.79 Å². The van der Waals surface area contributed by atoms with Crippen molar-refractivity contribution in [3.05, 3.63) is 50.2 Å². The van der Waals surface area contributed by atoms with Crippen molar-refractivity contribution in [2.75, 3.05) is 0 Å². The summed E-state index contributed by atoms with van der Waals surface area (Å²) in [6, 6.07) is 9.89. The topological polar surface area (TPSA) is 17.1 Å². The SMILES string of the molecule is CC=c1c(=O)c2ccc(Br)c3cccc1c32. The predicted molar refractivity (Wildman–Crippen MR) is 72.0 cm³/mol. The zero-order valence-electron chi connectivity index (χ0n) is 8.75. The van der Waals surface area contributed by atoms with Gasteiger partial charge in [-0.3, -0.25) is 4.79 Å². The van der Waals surface area contributed by atoms with E-state index in [1.165, 1.54) is 0 Å². The number of halogens is 1. The van der Waals surface area contributed by atoms with Crippen LogP contribution in [0.2, 0.25) is 0 Å². The third-order valence-corrected chi connectivity index (χ3v) is 3.75. The van der Waals surface area contributed by atoms with E-state index in [0.29, 0.717) is 0 Å². The van der Waals surface area contributed by atoms with Crippen molar-refractivity contribution in [3.63, 3.8) is 0 Å². The maximum atomic E-state index is 12.1. The van der Waals surface area contributed by atoms with Gasteiger partial charge in [0.25, 0.3) is 0 Å². The van der Waals surface area contributed by atoms with Gasteiger partial charge in [-0.1, -0.05) is 40.2 Å². The number of hydrogen-bond acceptors (Lipinski definition) is 1. The lowest BCUT2D eigenvalue weighted by atomic mass is 10.1. The van der Waals surface area contributed by atoms with Crippen LogP contribution in [0, 0.1) is 0 Å². The molecule has 2 heteroatoms. The van der Waals surface area contributed by atoms with Crippen molar-refractivity contribution >= 4 is 43.6 Å². The molecule has 3 aromatic carbocycles. The Morgan fingerprint density at radius 2 is 1.81 bits per heavy atom. The molecular formula is C14H9BrO. The van der Waals surface area contributed by atoms with Crippen LogP contribution in [0.1, 0.15) is 6.92 Å². The second kappa shape index (κ2) is 3.29. The van der Waals surface area contributed by atoms with Gasteiger partial charge in [-0.15, -0.1) is 0 Å². The highest BCUT2D eigenvalue weighted by molar-refractivity contribution is 9.10. The van der Waals surface area contributed by atoms with E-state index in [2.05, 4.69) is 15.9 Å². The van der Waals surface area contributed by atoms with Crippen molar-refractivity contribution in [2.24, 2.45) is 0 Å². The maximum absolute atomic E-state index is 12.1. The Morgan fingerprint density at radius 1 is 1.06 bits per heavy atom. The molecule has 16 heavy (non-hydrogen) atoms. The van der Waals surface area contributed by atoms with E-state index in [0.717, 1.165) is 31.2 Å². The normalized spacial score (nSPS) is 13.0. The molecule has 0 bridgehead atoms. The lowest BCUT2D eigenvalue weighted by molar-refractivity contribution is 1.66. The van der Waals surface area contributed by atoms with Gasteiger partial charge in [0.1, 0.15) is 0 Å². The molecule has 3 rings (SSSR count). The highest BCUT2D eigenvalue weighted by Gasteiger charge is 2.11. The average Bonchev–Trinajstić information content (AvgIpc) is 2.57. The van der Waals surface area contributed by atoms with E-state index in [1.807, 2.05) is 43.3 Å². The maximum Gasteiger partial charge on any atom is 0.193 e. The van der Waals surface area contributed by atoms with Crippen molar-refractivity contribution in [3.8, 4) is 0 Å². The summed E-state index contributed by atoms with van der Waals surface area (Å²) in [5.41, 5.74) is 0.140. The summed E-state index contributed by atoms with van der Waals surface area (Å²) in [6.45, 7) is 1.91. The van der Waals surface area contributed by atoms with E-state index >= 15 is 0 Å². The molecule has 0 heterocycles. The van der Waals surface area contributed by atoms with Crippen LogP contribution in [-0.4, -0.2) is 0 Å². The molecule has 0 aliphatic heterocycles. The lowest BCUT2D eigenvalue weighted by Gasteiger charge is -2.00. The van der Waals surface area contributed by atoms with Crippen LogP contribution in [0.5, 0.6) is 0 Å². The van der Waals surface area contributed by atoms with Crippen molar-refractivity contribution in [1.82, 2.24) is 0 Å². The number of benzene rings is 2. The van der Waals surface area contributed by atoms with Crippen molar-refractivity contribution < 1.29 is 0 Å². The fourth-order valence-corrected chi connectivity index (χ4v) is 2.80. The van der Waals surface area contributed by atoms with Crippen LogP contribution in [0.15, 0.2) is 39.6 Å². The quantitative estimate of drug-likeness (QED) is 0.615. The fourth-order valence-electron chi connectivity index (χ4n) is 2.34. The molecule has 0 radical (unpaired) electrons. The van der Waals surface area contributed by atoms with Crippen LogP contribution >= 0.6 is 15.9 Å². The highest BCUT2D eigenvalue weighted by atomic mass is 79.9. The Bertz CT molecular complexity index is 789. The van der Waals surface area contributed by atoms with Crippen LogP contribution in [0.4, 0.5) is 0 Å². The van der Waals surface area contributed by atoms with E-state index < -0.39 is 0 Å². The molecule has 0 atom stereocenters. The largest absolute Gasteiger partial charge is 0.289 e. The van der Waals surface area contributed by atoms with E-state index in [4.69, 9.17) is 0 Å². The van der Waals surface area contributed by atoms with Crippen LogP contribution in [-0.2, 0) is 0 Å². The molecule has 1 nitrogen and oxygen atoms in total. The average molecular weight is 273 g/mol. The molecule has 0 N–H and O–H groups in total. The highest BCUT2D eigenvalue weighted by Crippen LogP contribution is 2.29. The summed E-state index contributed by atoms with van der Waals surface area (Å²) in [6.07, 6.45) is 1.89. The molecule has 0 fully saturated rings. The third-order valence-electron chi connectivity index (χ3n) is 3.06. The van der Waals surface area contributed by atoms with Crippen LogP contribution in [0.25, 0.3) is 27.6 Å². The van der Waals surface area contributed by atoms with Crippen molar-refractivity contribution in [2.45, 2.75) is 6.92 Å². The minimum atomic E-state index is 0.140. The summed E-state index contributed by atoms with van der Waals surface area (Å²) in [5.74, 6) is 0. The second-order valence-corrected chi connectivity index (χ2v) is 4.71. The molecule has 3 aromatic rings. The molecule has 0 spiro atoms.